The molecule has 0 bridgehead atoms. The predicted octanol–water partition coefficient (Wildman–Crippen LogP) is 4.44. The molecule has 25 heavy (non-hydrogen) atoms. The molecular weight excluding hydrogens is 313 g/mol. The van der Waals surface area contributed by atoms with Gasteiger partial charge in [0.05, 0.1) is 0 Å². The largest absolute Gasteiger partial charge is 0.324 e. The fourth-order valence-electron chi connectivity index (χ4n) is 3.77. The topological polar surface area (TPSA) is 21.1 Å². The van der Waals surface area contributed by atoms with Crippen molar-refractivity contribution in [2.24, 2.45) is 0 Å². The van der Waals surface area contributed by atoms with Gasteiger partial charge >= 0.3 is 0 Å². The monoisotopic (exact) mass is 335 g/mol. The zero-order valence-corrected chi connectivity index (χ0v) is 14.4. The first-order valence-corrected chi connectivity index (χ1v) is 8.77. The van der Waals surface area contributed by atoms with Crippen LogP contribution >= 0.6 is 0 Å². The summed E-state index contributed by atoms with van der Waals surface area (Å²) >= 11 is 0. The minimum Gasteiger partial charge on any atom is -0.324 e. The van der Waals surface area contributed by atoms with E-state index in [1.165, 1.54) is 11.8 Å². The molecule has 4 heteroatoms. The molecule has 0 N–H and O–H groups in total. The van der Waals surface area contributed by atoms with Crippen molar-refractivity contribution in [3.05, 3.63) is 77.9 Å². The van der Waals surface area contributed by atoms with Gasteiger partial charge in [-0.2, -0.15) is 0 Å². The van der Waals surface area contributed by atoms with Gasteiger partial charge in [-0.3, -0.25) is 4.90 Å². The van der Waals surface area contributed by atoms with Crippen LogP contribution in [0.3, 0.4) is 0 Å². The Labute approximate surface area is 147 Å². The lowest BCUT2D eigenvalue weighted by molar-refractivity contribution is 0.315. The molecule has 1 atom stereocenters. The first-order chi connectivity index (χ1) is 12.2. The number of hydrogen-bond acceptors (Lipinski definition) is 2. The van der Waals surface area contributed by atoms with Gasteiger partial charge in [-0.15, -0.1) is 0 Å². The van der Waals surface area contributed by atoms with E-state index in [9.17, 15) is 4.39 Å². The number of rotatable bonds is 4. The van der Waals surface area contributed by atoms with E-state index in [4.69, 9.17) is 0 Å². The molecule has 2 aromatic carbocycles. The van der Waals surface area contributed by atoms with Gasteiger partial charge in [-0.1, -0.05) is 42.5 Å². The van der Waals surface area contributed by atoms with Gasteiger partial charge in [-0.25, -0.2) is 9.37 Å². The van der Waals surface area contributed by atoms with E-state index in [1.807, 2.05) is 18.3 Å². The number of hydrogen-bond donors (Lipinski definition) is 0. The van der Waals surface area contributed by atoms with Gasteiger partial charge in [0.2, 0.25) is 0 Å². The first kappa shape index (κ1) is 16.0. The van der Waals surface area contributed by atoms with E-state index in [1.54, 1.807) is 12.1 Å². The van der Waals surface area contributed by atoms with Gasteiger partial charge in [0, 0.05) is 43.1 Å². The Bertz CT molecular complexity index is 857. The molecule has 0 spiro atoms. The van der Waals surface area contributed by atoms with Gasteiger partial charge < -0.3 is 4.57 Å². The lowest BCUT2D eigenvalue weighted by atomic mass is 10.2. The van der Waals surface area contributed by atoms with Gasteiger partial charge in [0.15, 0.2) is 0 Å². The van der Waals surface area contributed by atoms with E-state index >= 15 is 0 Å². The molecule has 0 amide bonds. The molecule has 1 unspecified atom stereocenters. The fourth-order valence-corrected chi connectivity index (χ4v) is 3.77. The van der Waals surface area contributed by atoms with Crippen molar-refractivity contribution in [1.29, 1.82) is 0 Å². The Kier molecular flexibility index (Phi) is 4.36. The third kappa shape index (κ3) is 3.35. The molecule has 4 rings (SSSR count). The lowest BCUT2D eigenvalue weighted by Gasteiger charge is -2.19. The molecule has 128 valence electrons. The van der Waals surface area contributed by atoms with Crippen molar-refractivity contribution in [2.45, 2.75) is 25.9 Å². The number of aryl methyl sites for hydroxylation is 1. The Hall–Kier alpha value is -2.46. The van der Waals surface area contributed by atoms with Crippen LogP contribution in [-0.2, 0) is 6.54 Å². The van der Waals surface area contributed by atoms with E-state index in [0.717, 1.165) is 43.0 Å². The molecule has 0 saturated carbocycles. The Morgan fingerprint density at radius 2 is 1.96 bits per heavy atom. The number of benzene rings is 2. The SMILES string of the molecule is Cc1cnc(-c2ccccc2)n1C1CCN(Cc2cccc(F)c2)C1. The number of halogens is 1. The van der Waals surface area contributed by atoms with E-state index in [2.05, 4.69) is 45.6 Å². The quantitative estimate of drug-likeness (QED) is 0.702. The van der Waals surface area contributed by atoms with Crippen LogP contribution in [0.1, 0.15) is 23.7 Å². The van der Waals surface area contributed by atoms with Crippen LogP contribution in [0.25, 0.3) is 11.4 Å². The van der Waals surface area contributed by atoms with Crippen LogP contribution < -0.4 is 0 Å². The van der Waals surface area contributed by atoms with Crippen LogP contribution in [-0.4, -0.2) is 27.5 Å². The number of imidazole rings is 1. The number of nitrogens with zero attached hydrogens (tertiary/aromatic N) is 3. The highest BCUT2D eigenvalue weighted by Gasteiger charge is 2.27. The third-order valence-electron chi connectivity index (χ3n) is 4.92. The summed E-state index contributed by atoms with van der Waals surface area (Å²) < 4.78 is 15.8. The Morgan fingerprint density at radius 3 is 2.76 bits per heavy atom. The normalized spacial score (nSPS) is 17.9. The number of aromatic nitrogens is 2. The van der Waals surface area contributed by atoms with Crippen molar-refractivity contribution in [3.8, 4) is 11.4 Å². The summed E-state index contributed by atoms with van der Waals surface area (Å²) in [5.41, 5.74) is 3.38. The van der Waals surface area contributed by atoms with Crippen LogP contribution in [0.2, 0.25) is 0 Å². The van der Waals surface area contributed by atoms with Crippen LogP contribution in [0.15, 0.2) is 60.8 Å². The van der Waals surface area contributed by atoms with Crippen LogP contribution in [0.5, 0.6) is 0 Å². The van der Waals surface area contributed by atoms with Crippen molar-refractivity contribution >= 4 is 0 Å². The van der Waals surface area contributed by atoms with E-state index < -0.39 is 0 Å². The van der Waals surface area contributed by atoms with Gasteiger partial charge in [-0.05, 0) is 31.0 Å². The highest BCUT2D eigenvalue weighted by atomic mass is 19.1. The molecule has 3 nitrogen and oxygen atoms in total. The van der Waals surface area contributed by atoms with E-state index in [0.29, 0.717) is 6.04 Å². The molecule has 1 aliphatic rings. The summed E-state index contributed by atoms with van der Waals surface area (Å²) in [6, 6.07) is 17.7. The minimum absolute atomic E-state index is 0.162. The highest BCUT2D eigenvalue weighted by Crippen LogP contribution is 2.30. The molecule has 0 radical (unpaired) electrons. The average Bonchev–Trinajstić information content (AvgIpc) is 3.22. The molecule has 2 heterocycles. The maximum atomic E-state index is 13.4. The van der Waals surface area contributed by atoms with Gasteiger partial charge in [0.25, 0.3) is 0 Å². The predicted molar refractivity (Wildman–Crippen MR) is 97.7 cm³/mol. The zero-order valence-electron chi connectivity index (χ0n) is 14.4. The molecule has 3 aromatic rings. The summed E-state index contributed by atoms with van der Waals surface area (Å²) in [4.78, 5) is 7.04. The second-order valence-corrected chi connectivity index (χ2v) is 6.77. The van der Waals surface area contributed by atoms with Crippen LogP contribution in [0, 0.1) is 12.7 Å². The standard InChI is InChI=1S/C21H22FN3/c1-16-13-23-21(18-7-3-2-4-8-18)25(16)20-10-11-24(15-20)14-17-6-5-9-19(22)12-17/h2-9,12-13,20H,10-11,14-15H2,1H3. The first-order valence-electron chi connectivity index (χ1n) is 8.77. The zero-order chi connectivity index (χ0) is 17.2. The summed E-state index contributed by atoms with van der Waals surface area (Å²) in [7, 11) is 0. The van der Waals surface area contributed by atoms with Crippen molar-refractivity contribution in [1.82, 2.24) is 14.5 Å². The third-order valence-corrected chi connectivity index (χ3v) is 4.92. The second-order valence-electron chi connectivity index (χ2n) is 6.77. The molecule has 0 aliphatic carbocycles. The van der Waals surface area contributed by atoms with Crippen molar-refractivity contribution < 1.29 is 4.39 Å². The van der Waals surface area contributed by atoms with Crippen molar-refractivity contribution in [3.63, 3.8) is 0 Å². The number of likely N-dealkylation sites (tertiary alicyclic amines) is 1. The molecular formula is C21H22FN3. The summed E-state index contributed by atoms with van der Waals surface area (Å²) in [5.74, 6) is 0.876. The molecule has 1 saturated heterocycles. The molecule has 1 aliphatic heterocycles. The highest BCUT2D eigenvalue weighted by molar-refractivity contribution is 5.56. The molecule has 1 aromatic heterocycles. The van der Waals surface area contributed by atoms with E-state index in [-0.39, 0.29) is 5.82 Å². The Balaban J connectivity index is 1.53. The Morgan fingerprint density at radius 1 is 1.12 bits per heavy atom. The summed E-state index contributed by atoms with van der Waals surface area (Å²) in [6.45, 7) is 4.90. The summed E-state index contributed by atoms with van der Waals surface area (Å²) in [6.07, 6.45) is 3.05. The maximum Gasteiger partial charge on any atom is 0.140 e. The smallest absolute Gasteiger partial charge is 0.140 e. The molecule has 1 fully saturated rings. The van der Waals surface area contributed by atoms with Crippen LogP contribution in [0.4, 0.5) is 4.39 Å². The summed E-state index contributed by atoms with van der Waals surface area (Å²) in [5, 5.41) is 0. The maximum absolute atomic E-state index is 13.4. The minimum atomic E-state index is -0.162. The lowest BCUT2D eigenvalue weighted by Crippen LogP contribution is -2.22. The van der Waals surface area contributed by atoms with Crippen molar-refractivity contribution in [2.75, 3.05) is 13.1 Å². The average molecular weight is 335 g/mol. The second kappa shape index (κ2) is 6.81. The fraction of sp³-hybridized carbons (Fsp3) is 0.286. The van der Waals surface area contributed by atoms with Gasteiger partial charge in [0.1, 0.15) is 11.6 Å².